The summed E-state index contributed by atoms with van der Waals surface area (Å²) in [5.41, 5.74) is 2.77. The number of carbonyl (C=O) groups is 2. The lowest BCUT2D eigenvalue weighted by Gasteiger charge is -2.32. The molecule has 0 spiro atoms. The maximum atomic E-state index is 13.1. The third-order valence-electron chi connectivity index (χ3n) is 5.47. The number of methoxy groups -OCH3 is 1. The zero-order valence-electron chi connectivity index (χ0n) is 18.8. The fraction of sp³-hybridized carbons (Fsp3) is 0.115. The Hall–Kier alpha value is -4.59. The number of amides is 1. The van der Waals surface area contributed by atoms with Crippen molar-refractivity contribution in [3.63, 3.8) is 0 Å². The van der Waals surface area contributed by atoms with Crippen LogP contribution in [0.4, 0.5) is 0 Å². The van der Waals surface area contributed by atoms with Crippen molar-refractivity contribution < 1.29 is 14.3 Å². The fourth-order valence-electron chi connectivity index (χ4n) is 3.57. The van der Waals surface area contributed by atoms with Gasteiger partial charge in [-0.05, 0) is 54.0 Å². The van der Waals surface area contributed by atoms with Gasteiger partial charge in [0, 0.05) is 24.7 Å². The van der Waals surface area contributed by atoms with E-state index in [-0.39, 0.29) is 11.6 Å². The van der Waals surface area contributed by atoms with E-state index in [1.165, 1.54) is 25.7 Å². The molecule has 4 aromatic rings. The van der Waals surface area contributed by atoms with Gasteiger partial charge in [-0.3, -0.25) is 4.79 Å². The predicted octanol–water partition coefficient (Wildman–Crippen LogP) is 3.54. The van der Waals surface area contributed by atoms with Crippen LogP contribution < -0.4 is 5.32 Å². The number of aromatic nitrogens is 4. The Balaban J connectivity index is 1.74. The van der Waals surface area contributed by atoms with E-state index in [0.29, 0.717) is 0 Å². The average molecular weight is 454 g/mol. The largest absolute Gasteiger partial charge is 0.466 e. The highest BCUT2D eigenvalue weighted by Gasteiger charge is 2.32. The third-order valence-corrected chi connectivity index (χ3v) is 5.47. The van der Waals surface area contributed by atoms with E-state index in [9.17, 15) is 9.59 Å². The maximum Gasteiger partial charge on any atom is 0.330 e. The van der Waals surface area contributed by atoms with Gasteiger partial charge in [0.05, 0.1) is 18.3 Å². The fourth-order valence-corrected chi connectivity index (χ4v) is 3.57. The maximum absolute atomic E-state index is 13.1. The molecule has 1 atom stereocenters. The van der Waals surface area contributed by atoms with Crippen molar-refractivity contribution in [3.05, 3.63) is 114 Å². The predicted molar refractivity (Wildman–Crippen MR) is 127 cm³/mol. The quantitative estimate of drug-likeness (QED) is 0.339. The molecule has 0 saturated heterocycles. The Morgan fingerprint density at radius 3 is 2.53 bits per heavy atom. The molecule has 0 radical (unpaired) electrons. The van der Waals surface area contributed by atoms with Crippen molar-refractivity contribution in [2.75, 3.05) is 7.11 Å². The minimum atomic E-state index is -0.893. The molecule has 0 aliphatic heterocycles. The van der Waals surface area contributed by atoms with E-state index in [0.717, 1.165) is 22.4 Å². The number of nitrogens with one attached hydrogen (secondary N) is 1. The molecule has 2 aromatic carbocycles. The van der Waals surface area contributed by atoms with E-state index in [4.69, 9.17) is 0 Å². The van der Waals surface area contributed by atoms with E-state index >= 15 is 0 Å². The Morgan fingerprint density at radius 1 is 1.03 bits per heavy atom. The first kappa shape index (κ1) is 22.6. The lowest BCUT2D eigenvalue weighted by Crippen LogP contribution is -2.44. The monoisotopic (exact) mass is 453 g/mol. The van der Waals surface area contributed by atoms with Crippen molar-refractivity contribution in [1.82, 2.24) is 25.1 Å². The molecule has 1 N–H and O–H groups in total. The molecule has 0 fully saturated rings. The number of hydrogen-bond donors (Lipinski definition) is 1. The molecule has 2 heterocycles. The van der Waals surface area contributed by atoms with Crippen molar-refractivity contribution >= 4 is 18.0 Å². The van der Waals surface area contributed by atoms with Crippen LogP contribution in [0.3, 0.4) is 0 Å². The van der Waals surface area contributed by atoms with Gasteiger partial charge in [-0.15, -0.1) is 0 Å². The summed E-state index contributed by atoms with van der Waals surface area (Å²) in [6, 6.07) is 18.8. The molecule has 0 aliphatic carbocycles. The van der Waals surface area contributed by atoms with Crippen molar-refractivity contribution in [1.29, 1.82) is 0 Å². The SMILES string of the molecule is COC(=O)/C=C/c1ccc(C(C)(NC(=O)c2ccncn2)c2cccc(-n3cccn3)c2)cc1. The normalized spacial score (nSPS) is 12.8. The summed E-state index contributed by atoms with van der Waals surface area (Å²) in [6.45, 7) is 1.94. The van der Waals surface area contributed by atoms with Gasteiger partial charge in [-0.25, -0.2) is 19.4 Å². The van der Waals surface area contributed by atoms with Crippen LogP contribution in [0.1, 0.15) is 34.1 Å². The second kappa shape index (κ2) is 9.91. The first-order chi connectivity index (χ1) is 16.5. The number of carbonyl (C=O) groups excluding carboxylic acids is 2. The number of ether oxygens (including phenoxy) is 1. The van der Waals surface area contributed by atoms with Crippen molar-refractivity contribution in [2.45, 2.75) is 12.5 Å². The van der Waals surface area contributed by atoms with Crippen LogP contribution in [0, 0.1) is 0 Å². The topological polar surface area (TPSA) is 99.0 Å². The number of benzene rings is 2. The van der Waals surface area contributed by atoms with Crippen LogP contribution in [0.2, 0.25) is 0 Å². The Kier molecular flexibility index (Phi) is 6.59. The van der Waals surface area contributed by atoms with Gasteiger partial charge in [-0.1, -0.05) is 36.4 Å². The van der Waals surface area contributed by atoms with Gasteiger partial charge in [-0.2, -0.15) is 5.10 Å². The molecule has 8 nitrogen and oxygen atoms in total. The highest BCUT2D eigenvalue weighted by molar-refractivity contribution is 5.93. The number of esters is 1. The molecule has 0 bridgehead atoms. The van der Waals surface area contributed by atoms with Crippen LogP contribution in [0.5, 0.6) is 0 Å². The Morgan fingerprint density at radius 2 is 1.85 bits per heavy atom. The lowest BCUT2D eigenvalue weighted by atomic mass is 9.83. The summed E-state index contributed by atoms with van der Waals surface area (Å²) in [5, 5.41) is 7.45. The molecular weight excluding hydrogens is 430 g/mol. The molecule has 0 saturated carbocycles. The van der Waals surface area contributed by atoms with Crippen molar-refractivity contribution in [3.8, 4) is 5.69 Å². The smallest absolute Gasteiger partial charge is 0.330 e. The van der Waals surface area contributed by atoms with Crippen LogP contribution >= 0.6 is 0 Å². The molecular formula is C26H23N5O3. The zero-order chi connectivity index (χ0) is 24.0. The first-order valence-corrected chi connectivity index (χ1v) is 10.6. The molecule has 4 rings (SSSR count). The van der Waals surface area contributed by atoms with Crippen molar-refractivity contribution in [2.24, 2.45) is 0 Å². The first-order valence-electron chi connectivity index (χ1n) is 10.6. The van der Waals surface area contributed by atoms with Crippen LogP contribution in [-0.4, -0.2) is 38.7 Å². The van der Waals surface area contributed by atoms with Crippen LogP contribution in [-0.2, 0) is 15.1 Å². The zero-order valence-corrected chi connectivity index (χ0v) is 18.8. The summed E-state index contributed by atoms with van der Waals surface area (Å²) in [7, 11) is 1.33. The lowest BCUT2D eigenvalue weighted by molar-refractivity contribution is -0.134. The van der Waals surface area contributed by atoms with Crippen LogP contribution in [0.15, 0.2) is 91.7 Å². The summed E-state index contributed by atoms with van der Waals surface area (Å²) in [6.07, 6.45) is 9.47. The molecule has 1 unspecified atom stereocenters. The van der Waals surface area contributed by atoms with Gasteiger partial charge in [0.25, 0.3) is 5.91 Å². The van der Waals surface area contributed by atoms with Gasteiger partial charge < -0.3 is 10.1 Å². The van der Waals surface area contributed by atoms with Crippen LogP contribution in [0.25, 0.3) is 11.8 Å². The summed E-state index contributed by atoms with van der Waals surface area (Å²) >= 11 is 0. The van der Waals surface area contributed by atoms with Gasteiger partial charge >= 0.3 is 5.97 Å². The molecule has 1 amide bonds. The summed E-state index contributed by atoms with van der Waals surface area (Å²) in [5.74, 6) is -0.759. The van der Waals surface area contributed by atoms with E-state index in [2.05, 4.69) is 25.1 Å². The second-order valence-electron chi connectivity index (χ2n) is 7.65. The highest BCUT2D eigenvalue weighted by atomic mass is 16.5. The highest BCUT2D eigenvalue weighted by Crippen LogP contribution is 2.31. The second-order valence-corrected chi connectivity index (χ2v) is 7.65. The molecule has 2 aromatic heterocycles. The summed E-state index contributed by atoms with van der Waals surface area (Å²) in [4.78, 5) is 32.5. The summed E-state index contributed by atoms with van der Waals surface area (Å²) < 4.78 is 6.41. The average Bonchev–Trinajstić information content (AvgIpc) is 3.43. The standard InChI is InChI=1S/C26H23N5O3/c1-26(30-25(33)23-13-15-27-18-28-23,20-10-7-19(8-11-20)9-12-24(32)34-2)21-5-3-6-22(17-21)31-16-4-14-29-31/h3-18H,1-2H3,(H,30,33)/b12-9+. The Labute approximate surface area is 197 Å². The third kappa shape index (κ3) is 4.91. The minimum absolute atomic E-state index is 0.266. The molecule has 170 valence electrons. The number of hydrogen-bond acceptors (Lipinski definition) is 6. The van der Waals surface area contributed by atoms with E-state index in [1.54, 1.807) is 23.0 Å². The van der Waals surface area contributed by atoms with Gasteiger partial charge in [0.1, 0.15) is 12.0 Å². The molecule has 8 heteroatoms. The van der Waals surface area contributed by atoms with Gasteiger partial charge in [0.2, 0.25) is 0 Å². The van der Waals surface area contributed by atoms with Gasteiger partial charge in [0.15, 0.2) is 0 Å². The minimum Gasteiger partial charge on any atom is -0.466 e. The van der Waals surface area contributed by atoms with E-state index < -0.39 is 11.5 Å². The number of rotatable bonds is 7. The molecule has 0 aliphatic rings. The van der Waals surface area contributed by atoms with E-state index in [1.807, 2.05) is 67.7 Å². The molecule has 34 heavy (non-hydrogen) atoms. The number of nitrogens with zero attached hydrogens (tertiary/aromatic N) is 4. The Bertz CT molecular complexity index is 1300.